The number of fused-ring (bicyclic) bond motifs is 1. The van der Waals surface area contributed by atoms with Crippen LogP contribution in [0.1, 0.15) is 18.7 Å². The number of aryl methyl sites for hydroxylation is 1. The van der Waals surface area contributed by atoms with Crippen LogP contribution in [0.15, 0.2) is 35.4 Å². The van der Waals surface area contributed by atoms with Crippen LogP contribution < -0.4 is 14.2 Å². The van der Waals surface area contributed by atoms with Crippen molar-refractivity contribution in [1.82, 2.24) is 14.3 Å². The molecular weight excluding hydrogens is 370 g/mol. The van der Waals surface area contributed by atoms with Crippen molar-refractivity contribution in [1.29, 1.82) is 0 Å². The number of rotatable bonds is 4. The Bertz CT molecular complexity index is 934. The highest BCUT2D eigenvalue weighted by molar-refractivity contribution is 7.89. The minimum Gasteiger partial charge on any atom is -0.486 e. The predicted molar refractivity (Wildman–Crippen MR) is 96.6 cm³/mol. The third-order valence-electron chi connectivity index (χ3n) is 4.53. The monoisotopic (exact) mass is 391 g/mol. The van der Waals surface area contributed by atoms with Crippen molar-refractivity contribution in [3.8, 4) is 17.4 Å². The second kappa shape index (κ2) is 7.32. The molecule has 2 aliphatic rings. The van der Waals surface area contributed by atoms with Crippen molar-refractivity contribution < 1.29 is 22.6 Å². The molecule has 4 rings (SSSR count). The third kappa shape index (κ3) is 3.84. The predicted octanol–water partition coefficient (Wildman–Crippen LogP) is 1.79. The Morgan fingerprint density at radius 1 is 1.19 bits per heavy atom. The van der Waals surface area contributed by atoms with Gasteiger partial charge in [0.25, 0.3) is 0 Å². The number of hydrogen-bond donors (Lipinski definition) is 0. The summed E-state index contributed by atoms with van der Waals surface area (Å²) in [5.41, 5.74) is 0. The summed E-state index contributed by atoms with van der Waals surface area (Å²) in [5, 5.41) is 0. The quantitative estimate of drug-likeness (QED) is 0.785. The lowest BCUT2D eigenvalue weighted by atomic mass is 10.1. The van der Waals surface area contributed by atoms with Gasteiger partial charge in [0.15, 0.2) is 11.5 Å². The smallest absolute Gasteiger partial charge is 0.243 e. The highest BCUT2D eigenvalue weighted by Gasteiger charge is 2.32. The summed E-state index contributed by atoms with van der Waals surface area (Å²) in [6.45, 7) is 3.40. The van der Waals surface area contributed by atoms with E-state index in [1.54, 1.807) is 31.3 Å². The summed E-state index contributed by atoms with van der Waals surface area (Å²) < 4.78 is 44.5. The van der Waals surface area contributed by atoms with Crippen LogP contribution in [0.25, 0.3) is 0 Å². The lowest BCUT2D eigenvalue weighted by molar-refractivity contribution is 0.124. The Hall–Kier alpha value is -2.39. The normalized spacial score (nSPS) is 20.3. The molecule has 1 atom stereocenters. The fourth-order valence-electron chi connectivity index (χ4n) is 3.22. The lowest BCUT2D eigenvalue weighted by Gasteiger charge is -2.32. The van der Waals surface area contributed by atoms with E-state index < -0.39 is 10.0 Å². The van der Waals surface area contributed by atoms with Crippen LogP contribution in [0, 0.1) is 6.92 Å². The zero-order chi connectivity index (χ0) is 18.9. The van der Waals surface area contributed by atoms with Crippen LogP contribution in [-0.4, -0.2) is 55.1 Å². The van der Waals surface area contributed by atoms with Gasteiger partial charge in [0.2, 0.25) is 15.9 Å². The van der Waals surface area contributed by atoms with Crippen molar-refractivity contribution in [2.24, 2.45) is 0 Å². The number of benzene rings is 1. The molecule has 1 unspecified atom stereocenters. The number of sulfonamides is 1. The van der Waals surface area contributed by atoms with Gasteiger partial charge in [-0.05, 0) is 31.9 Å². The Kier molecular flexibility index (Phi) is 4.88. The van der Waals surface area contributed by atoms with Crippen LogP contribution in [0.4, 0.5) is 0 Å². The van der Waals surface area contributed by atoms with Crippen molar-refractivity contribution in [3.63, 3.8) is 0 Å². The van der Waals surface area contributed by atoms with Crippen LogP contribution in [0.3, 0.4) is 0 Å². The van der Waals surface area contributed by atoms with E-state index in [0.717, 1.165) is 12.8 Å². The Morgan fingerprint density at radius 3 is 2.81 bits per heavy atom. The lowest BCUT2D eigenvalue weighted by Crippen LogP contribution is -2.44. The molecule has 1 fully saturated rings. The molecule has 144 valence electrons. The van der Waals surface area contributed by atoms with E-state index in [2.05, 4.69) is 9.97 Å². The fraction of sp³-hybridized carbons (Fsp3) is 0.444. The van der Waals surface area contributed by atoms with Gasteiger partial charge in [-0.25, -0.2) is 13.4 Å². The number of nitrogens with zero attached hydrogens (tertiary/aromatic N) is 3. The van der Waals surface area contributed by atoms with Crippen molar-refractivity contribution in [2.45, 2.75) is 30.8 Å². The summed E-state index contributed by atoms with van der Waals surface area (Å²) in [4.78, 5) is 8.47. The zero-order valence-corrected chi connectivity index (χ0v) is 15.8. The topological polar surface area (TPSA) is 90.9 Å². The van der Waals surface area contributed by atoms with E-state index in [9.17, 15) is 8.42 Å². The molecule has 2 aliphatic heterocycles. The molecule has 0 N–H and O–H groups in total. The van der Waals surface area contributed by atoms with Crippen molar-refractivity contribution in [3.05, 3.63) is 36.3 Å². The second-order valence-corrected chi connectivity index (χ2v) is 8.43. The van der Waals surface area contributed by atoms with Gasteiger partial charge >= 0.3 is 0 Å². The molecule has 9 heteroatoms. The molecule has 1 saturated heterocycles. The van der Waals surface area contributed by atoms with Crippen LogP contribution in [-0.2, 0) is 10.0 Å². The largest absolute Gasteiger partial charge is 0.486 e. The molecule has 27 heavy (non-hydrogen) atoms. The number of aromatic nitrogens is 2. The van der Waals surface area contributed by atoms with Crippen LogP contribution in [0.5, 0.6) is 17.4 Å². The first-order valence-electron chi connectivity index (χ1n) is 8.88. The number of piperidine rings is 1. The SMILES string of the molecule is Cc1nccc(OC2CCCN(S(=O)(=O)c3ccc4c(c3)OCCO4)C2)n1. The third-order valence-corrected chi connectivity index (χ3v) is 6.39. The molecule has 1 aromatic heterocycles. The van der Waals surface area contributed by atoms with E-state index in [1.165, 1.54) is 10.4 Å². The summed E-state index contributed by atoms with van der Waals surface area (Å²) in [5.74, 6) is 2.11. The van der Waals surface area contributed by atoms with E-state index in [-0.39, 0.29) is 17.5 Å². The van der Waals surface area contributed by atoms with Crippen molar-refractivity contribution in [2.75, 3.05) is 26.3 Å². The first-order valence-corrected chi connectivity index (χ1v) is 10.3. The molecule has 0 aliphatic carbocycles. The molecule has 0 amide bonds. The summed E-state index contributed by atoms with van der Waals surface area (Å²) >= 11 is 0. The van der Waals surface area contributed by atoms with E-state index in [1.807, 2.05) is 0 Å². The highest BCUT2D eigenvalue weighted by atomic mass is 32.2. The van der Waals surface area contributed by atoms with Gasteiger partial charge in [0.1, 0.15) is 25.1 Å². The molecule has 0 radical (unpaired) electrons. The molecule has 1 aromatic carbocycles. The molecule has 3 heterocycles. The van der Waals surface area contributed by atoms with Gasteiger partial charge < -0.3 is 14.2 Å². The maximum Gasteiger partial charge on any atom is 0.243 e. The molecule has 0 bridgehead atoms. The molecule has 8 nitrogen and oxygen atoms in total. The average Bonchev–Trinajstić information content (AvgIpc) is 2.68. The number of ether oxygens (including phenoxy) is 3. The van der Waals surface area contributed by atoms with Gasteiger partial charge in [-0.2, -0.15) is 9.29 Å². The van der Waals surface area contributed by atoms with Gasteiger partial charge in [0, 0.05) is 24.9 Å². The van der Waals surface area contributed by atoms with Gasteiger partial charge in [0.05, 0.1) is 11.4 Å². The Labute approximate surface area is 158 Å². The van der Waals surface area contributed by atoms with Gasteiger partial charge in [-0.15, -0.1) is 0 Å². The highest BCUT2D eigenvalue weighted by Crippen LogP contribution is 2.33. The van der Waals surface area contributed by atoms with Gasteiger partial charge in [-0.3, -0.25) is 0 Å². The van der Waals surface area contributed by atoms with E-state index in [0.29, 0.717) is 43.0 Å². The van der Waals surface area contributed by atoms with Crippen LogP contribution in [0.2, 0.25) is 0 Å². The zero-order valence-electron chi connectivity index (χ0n) is 15.0. The minimum atomic E-state index is -3.64. The minimum absolute atomic E-state index is 0.199. The molecule has 0 spiro atoms. The maximum atomic E-state index is 13.1. The second-order valence-electron chi connectivity index (χ2n) is 6.49. The maximum absolute atomic E-state index is 13.1. The Morgan fingerprint density at radius 2 is 2.00 bits per heavy atom. The molecule has 0 saturated carbocycles. The molecular formula is C18H21N3O5S. The number of hydrogen-bond acceptors (Lipinski definition) is 7. The Balaban J connectivity index is 1.51. The summed E-state index contributed by atoms with van der Waals surface area (Å²) in [6, 6.07) is 6.41. The first-order chi connectivity index (χ1) is 13.0. The van der Waals surface area contributed by atoms with Crippen molar-refractivity contribution >= 4 is 10.0 Å². The van der Waals surface area contributed by atoms with Crippen LogP contribution >= 0.6 is 0 Å². The summed E-state index contributed by atoms with van der Waals surface area (Å²) in [6.07, 6.45) is 2.87. The van der Waals surface area contributed by atoms with Gasteiger partial charge in [-0.1, -0.05) is 0 Å². The average molecular weight is 391 g/mol. The first kappa shape index (κ1) is 18.0. The summed E-state index contributed by atoms with van der Waals surface area (Å²) in [7, 11) is -3.64. The molecule has 2 aromatic rings. The standard InChI is InChI=1S/C18H21N3O5S/c1-13-19-7-6-18(20-13)26-14-3-2-8-21(12-14)27(22,23)15-4-5-16-17(11-15)25-10-9-24-16/h4-7,11,14H,2-3,8-10,12H2,1H3. The van der Waals surface area contributed by atoms with E-state index >= 15 is 0 Å². The fourth-order valence-corrected chi connectivity index (χ4v) is 4.75. The van der Waals surface area contributed by atoms with E-state index in [4.69, 9.17) is 14.2 Å².